The van der Waals surface area contributed by atoms with Crippen molar-refractivity contribution in [3.8, 4) is 16.9 Å². The first-order valence-corrected chi connectivity index (χ1v) is 10.8. The van der Waals surface area contributed by atoms with Crippen LogP contribution in [0.4, 0.5) is 5.00 Å². The Bertz CT molecular complexity index is 1130. The lowest BCUT2D eigenvalue weighted by atomic mass is 10.0. The number of thiophene rings is 1. The molecule has 32 heavy (non-hydrogen) atoms. The summed E-state index contributed by atoms with van der Waals surface area (Å²) in [7, 11) is 1.48. The zero-order valence-corrected chi connectivity index (χ0v) is 18.9. The van der Waals surface area contributed by atoms with Crippen LogP contribution in [0.5, 0.6) is 5.75 Å². The molecule has 0 fully saturated rings. The lowest BCUT2D eigenvalue weighted by Crippen LogP contribution is -2.21. The van der Waals surface area contributed by atoms with Crippen LogP contribution in [0.25, 0.3) is 11.1 Å². The monoisotopic (exact) mass is 473 g/mol. The number of esters is 2. The molecule has 0 aliphatic heterocycles. The minimum atomic E-state index is -0.669. The zero-order chi connectivity index (χ0) is 23.1. The van der Waals surface area contributed by atoms with Gasteiger partial charge in [-0.3, -0.25) is 4.79 Å². The smallest absolute Gasteiger partial charge is 0.341 e. The number of carbonyl (C=O) groups is 3. The second kappa shape index (κ2) is 10.8. The van der Waals surface area contributed by atoms with Gasteiger partial charge in [0, 0.05) is 16.0 Å². The van der Waals surface area contributed by atoms with Crippen LogP contribution in [0.15, 0.2) is 53.9 Å². The summed E-state index contributed by atoms with van der Waals surface area (Å²) in [6.45, 7) is 1.36. The Kier molecular flexibility index (Phi) is 7.86. The van der Waals surface area contributed by atoms with Gasteiger partial charge >= 0.3 is 11.9 Å². The Morgan fingerprint density at radius 2 is 1.78 bits per heavy atom. The molecule has 2 aromatic carbocycles. The molecular formula is C23H20ClNO6S. The Hall–Kier alpha value is -3.36. The second-order valence-electron chi connectivity index (χ2n) is 6.44. The average molecular weight is 474 g/mol. The van der Waals surface area contributed by atoms with Crippen molar-refractivity contribution >= 4 is 45.8 Å². The first-order chi connectivity index (χ1) is 15.4. The van der Waals surface area contributed by atoms with Crippen LogP contribution < -0.4 is 10.1 Å². The van der Waals surface area contributed by atoms with E-state index in [0.29, 0.717) is 21.3 Å². The first-order valence-electron chi connectivity index (χ1n) is 9.58. The van der Waals surface area contributed by atoms with Crippen molar-refractivity contribution in [2.75, 3.05) is 25.6 Å². The number of anilines is 1. The average Bonchev–Trinajstić information content (AvgIpc) is 3.21. The highest BCUT2D eigenvalue weighted by Crippen LogP contribution is 2.36. The van der Waals surface area contributed by atoms with E-state index in [2.05, 4.69) is 5.32 Å². The molecule has 0 radical (unpaired) electrons. The van der Waals surface area contributed by atoms with Crippen LogP contribution >= 0.6 is 22.9 Å². The molecule has 3 rings (SSSR count). The fourth-order valence-electron chi connectivity index (χ4n) is 2.82. The third kappa shape index (κ3) is 5.66. The van der Waals surface area contributed by atoms with Gasteiger partial charge in [-0.1, -0.05) is 29.8 Å². The molecule has 1 heterocycles. The summed E-state index contributed by atoms with van der Waals surface area (Å²) in [6.07, 6.45) is 0. The van der Waals surface area contributed by atoms with E-state index in [9.17, 15) is 14.4 Å². The van der Waals surface area contributed by atoms with Gasteiger partial charge in [0.25, 0.3) is 5.91 Å². The minimum Gasteiger partial charge on any atom is -0.497 e. The van der Waals surface area contributed by atoms with Gasteiger partial charge in [-0.2, -0.15) is 0 Å². The number of hydrogen-bond donors (Lipinski definition) is 1. The number of methoxy groups -OCH3 is 1. The third-order valence-corrected chi connectivity index (χ3v) is 5.47. The van der Waals surface area contributed by atoms with Gasteiger partial charge in [0.2, 0.25) is 0 Å². The molecule has 0 atom stereocenters. The van der Waals surface area contributed by atoms with E-state index >= 15 is 0 Å². The number of halogens is 1. The van der Waals surface area contributed by atoms with Gasteiger partial charge in [-0.05, 0) is 42.8 Å². The van der Waals surface area contributed by atoms with Gasteiger partial charge < -0.3 is 19.5 Å². The van der Waals surface area contributed by atoms with E-state index in [-0.39, 0.29) is 17.7 Å². The topological polar surface area (TPSA) is 90.9 Å². The summed E-state index contributed by atoms with van der Waals surface area (Å²) >= 11 is 7.12. The van der Waals surface area contributed by atoms with Crippen LogP contribution in [0.2, 0.25) is 5.02 Å². The van der Waals surface area contributed by atoms with Gasteiger partial charge in [-0.15, -0.1) is 11.3 Å². The van der Waals surface area contributed by atoms with Crippen LogP contribution in [0.1, 0.15) is 27.6 Å². The second-order valence-corrected chi connectivity index (χ2v) is 7.75. The van der Waals surface area contributed by atoms with E-state index in [4.69, 9.17) is 25.8 Å². The lowest BCUT2D eigenvalue weighted by Gasteiger charge is -2.09. The molecule has 1 aromatic heterocycles. The Balaban J connectivity index is 1.74. The summed E-state index contributed by atoms with van der Waals surface area (Å²) in [6, 6.07) is 13.4. The van der Waals surface area contributed by atoms with Crippen molar-refractivity contribution in [3.63, 3.8) is 0 Å². The number of amides is 1. The lowest BCUT2D eigenvalue weighted by molar-refractivity contribution is -0.119. The van der Waals surface area contributed by atoms with Crippen molar-refractivity contribution < 1.29 is 28.6 Å². The molecule has 0 bridgehead atoms. The van der Waals surface area contributed by atoms with E-state index in [1.165, 1.54) is 24.5 Å². The molecule has 0 unspecified atom stereocenters. The highest BCUT2D eigenvalue weighted by atomic mass is 35.5. The molecule has 0 saturated carbocycles. The molecular weight excluding hydrogens is 454 g/mol. The van der Waals surface area contributed by atoms with Gasteiger partial charge in [-0.25, -0.2) is 9.59 Å². The fourth-order valence-corrected chi connectivity index (χ4v) is 3.92. The van der Waals surface area contributed by atoms with Crippen LogP contribution in [0, 0.1) is 0 Å². The number of hydrogen-bond acceptors (Lipinski definition) is 7. The number of nitrogens with one attached hydrogen (secondary N) is 1. The highest BCUT2D eigenvalue weighted by molar-refractivity contribution is 7.15. The van der Waals surface area contributed by atoms with E-state index in [0.717, 1.165) is 5.56 Å². The largest absolute Gasteiger partial charge is 0.497 e. The molecule has 0 spiro atoms. The highest BCUT2D eigenvalue weighted by Gasteiger charge is 2.23. The van der Waals surface area contributed by atoms with Crippen molar-refractivity contribution in [1.82, 2.24) is 0 Å². The van der Waals surface area contributed by atoms with Crippen LogP contribution in [-0.4, -0.2) is 38.2 Å². The van der Waals surface area contributed by atoms with Crippen molar-refractivity contribution in [3.05, 3.63) is 70.1 Å². The van der Waals surface area contributed by atoms with Crippen LogP contribution in [0.3, 0.4) is 0 Å². The Labute approximate surface area is 193 Å². The van der Waals surface area contributed by atoms with E-state index in [1.54, 1.807) is 54.8 Å². The minimum absolute atomic E-state index is 0.181. The summed E-state index contributed by atoms with van der Waals surface area (Å²) in [5, 5.41) is 5.24. The SMILES string of the molecule is CCOC(=O)c1c(-c2ccc(Cl)cc2)csc1NC(=O)COC(=O)c1cccc(OC)c1. The number of rotatable bonds is 8. The Morgan fingerprint density at radius 3 is 2.47 bits per heavy atom. The molecule has 0 saturated heterocycles. The maximum atomic E-state index is 12.6. The van der Waals surface area contributed by atoms with E-state index < -0.39 is 24.5 Å². The van der Waals surface area contributed by atoms with Gasteiger partial charge in [0.1, 0.15) is 16.3 Å². The third-order valence-electron chi connectivity index (χ3n) is 4.32. The summed E-state index contributed by atoms with van der Waals surface area (Å²) in [4.78, 5) is 37.2. The van der Waals surface area contributed by atoms with E-state index in [1.807, 2.05) is 0 Å². The molecule has 0 aliphatic rings. The van der Waals surface area contributed by atoms with Crippen molar-refractivity contribution in [1.29, 1.82) is 0 Å². The normalized spacial score (nSPS) is 10.3. The molecule has 9 heteroatoms. The first kappa shape index (κ1) is 23.3. The molecule has 1 amide bonds. The number of carbonyl (C=O) groups excluding carboxylic acids is 3. The molecule has 0 aliphatic carbocycles. The fraction of sp³-hybridized carbons (Fsp3) is 0.174. The quantitative estimate of drug-likeness (QED) is 0.460. The molecule has 7 nitrogen and oxygen atoms in total. The van der Waals surface area contributed by atoms with Gasteiger partial charge in [0.05, 0.1) is 19.3 Å². The summed E-state index contributed by atoms with van der Waals surface area (Å²) in [5.74, 6) is -1.33. The maximum Gasteiger partial charge on any atom is 0.341 e. The summed E-state index contributed by atoms with van der Waals surface area (Å²) < 4.78 is 15.3. The summed E-state index contributed by atoms with van der Waals surface area (Å²) in [5.41, 5.74) is 1.84. The van der Waals surface area contributed by atoms with Crippen molar-refractivity contribution in [2.24, 2.45) is 0 Å². The standard InChI is InChI=1S/C23H20ClNO6S/c1-3-30-23(28)20-18(14-7-9-16(24)10-8-14)13-32-21(20)25-19(26)12-31-22(27)15-5-4-6-17(11-15)29-2/h4-11,13H,3,12H2,1-2H3,(H,25,26). The molecule has 1 N–H and O–H groups in total. The number of benzene rings is 2. The molecule has 166 valence electrons. The van der Waals surface area contributed by atoms with Crippen molar-refractivity contribution in [2.45, 2.75) is 6.92 Å². The Morgan fingerprint density at radius 1 is 1.03 bits per heavy atom. The molecule has 3 aromatic rings. The predicted octanol–water partition coefficient (Wildman–Crippen LogP) is 5.05. The van der Waals surface area contributed by atoms with Crippen LogP contribution in [-0.2, 0) is 14.3 Å². The maximum absolute atomic E-state index is 12.6. The van der Waals surface area contributed by atoms with Gasteiger partial charge in [0.15, 0.2) is 6.61 Å². The predicted molar refractivity (Wildman–Crippen MR) is 123 cm³/mol. The zero-order valence-electron chi connectivity index (χ0n) is 17.3. The number of ether oxygens (including phenoxy) is 3.